The molecule has 0 bridgehead atoms. The highest BCUT2D eigenvalue weighted by Crippen LogP contribution is 2.50. The fourth-order valence-corrected chi connectivity index (χ4v) is 3.67. The van der Waals surface area contributed by atoms with E-state index in [0.29, 0.717) is 17.8 Å². The summed E-state index contributed by atoms with van der Waals surface area (Å²) in [6.07, 6.45) is 1.24. The summed E-state index contributed by atoms with van der Waals surface area (Å²) < 4.78 is 0. The zero-order valence-corrected chi connectivity index (χ0v) is 11.1. The van der Waals surface area contributed by atoms with Gasteiger partial charge in [0.1, 0.15) is 0 Å². The van der Waals surface area contributed by atoms with Crippen LogP contribution >= 0.6 is 0 Å². The molecule has 0 nitrogen and oxygen atoms in total. The topological polar surface area (TPSA) is 0 Å². The highest BCUT2D eigenvalue weighted by Gasteiger charge is 2.36. The SMILES string of the molecule is CC[C@@H]1c2ccccc2[C@H](c2ccccc2)[C@H]1C. The van der Waals surface area contributed by atoms with Gasteiger partial charge in [0.15, 0.2) is 0 Å². The van der Waals surface area contributed by atoms with E-state index in [2.05, 4.69) is 68.4 Å². The van der Waals surface area contributed by atoms with Crippen LogP contribution in [0.2, 0.25) is 0 Å². The molecule has 0 saturated carbocycles. The van der Waals surface area contributed by atoms with E-state index in [9.17, 15) is 0 Å². The average molecular weight is 236 g/mol. The number of fused-ring (bicyclic) bond motifs is 1. The third-order valence-corrected chi connectivity index (χ3v) is 4.49. The fourth-order valence-electron chi connectivity index (χ4n) is 3.67. The molecule has 2 aromatic rings. The zero-order chi connectivity index (χ0) is 12.5. The maximum absolute atomic E-state index is 2.41. The van der Waals surface area contributed by atoms with E-state index in [-0.39, 0.29) is 0 Å². The van der Waals surface area contributed by atoms with Gasteiger partial charge in [-0.3, -0.25) is 0 Å². The molecule has 18 heavy (non-hydrogen) atoms. The lowest BCUT2D eigenvalue weighted by Crippen LogP contribution is -2.09. The van der Waals surface area contributed by atoms with E-state index >= 15 is 0 Å². The average Bonchev–Trinajstić information content (AvgIpc) is 2.71. The minimum Gasteiger partial charge on any atom is -0.0648 e. The second kappa shape index (κ2) is 4.61. The first-order valence-corrected chi connectivity index (χ1v) is 6.96. The molecule has 3 atom stereocenters. The van der Waals surface area contributed by atoms with Gasteiger partial charge >= 0.3 is 0 Å². The van der Waals surface area contributed by atoms with Crippen LogP contribution in [0.1, 0.15) is 48.8 Å². The molecule has 0 unspecified atom stereocenters. The number of rotatable bonds is 2. The third kappa shape index (κ3) is 1.68. The Balaban J connectivity index is 2.11. The number of hydrogen-bond acceptors (Lipinski definition) is 0. The van der Waals surface area contributed by atoms with Crippen LogP contribution in [0.25, 0.3) is 0 Å². The van der Waals surface area contributed by atoms with Crippen LogP contribution in [-0.2, 0) is 0 Å². The first-order valence-electron chi connectivity index (χ1n) is 6.96. The molecule has 0 aromatic heterocycles. The van der Waals surface area contributed by atoms with Crippen molar-refractivity contribution in [2.24, 2.45) is 5.92 Å². The highest BCUT2D eigenvalue weighted by molar-refractivity contribution is 5.45. The Kier molecular flexibility index (Phi) is 2.95. The molecule has 92 valence electrons. The van der Waals surface area contributed by atoms with E-state index in [0.717, 1.165) is 0 Å². The van der Waals surface area contributed by atoms with Crippen molar-refractivity contribution >= 4 is 0 Å². The lowest BCUT2D eigenvalue weighted by Gasteiger charge is -2.21. The van der Waals surface area contributed by atoms with Gasteiger partial charge in [0.2, 0.25) is 0 Å². The summed E-state index contributed by atoms with van der Waals surface area (Å²) >= 11 is 0. The Bertz CT molecular complexity index is 527. The van der Waals surface area contributed by atoms with Crippen LogP contribution in [0.5, 0.6) is 0 Å². The van der Waals surface area contributed by atoms with Crippen LogP contribution in [0.3, 0.4) is 0 Å². The van der Waals surface area contributed by atoms with Crippen molar-refractivity contribution in [3.63, 3.8) is 0 Å². The van der Waals surface area contributed by atoms with E-state index in [1.807, 2.05) is 0 Å². The first-order chi connectivity index (χ1) is 8.83. The van der Waals surface area contributed by atoms with Gasteiger partial charge < -0.3 is 0 Å². The predicted molar refractivity (Wildman–Crippen MR) is 76.9 cm³/mol. The molecule has 0 heteroatoms. The van der Waals surface area contributed by atoms with Crippen molar-refractivity contribution < 1.29 is 0 Å². The summed E-state index contributed by atoms with van der Waals surface area (Å²) in [5.74, 6) is 1.99. The molecule has 1 aliphatic carbocycles. The monoisotopic (exact) mass is 236 g/mol. The molecule has 2 aromatic carbocycles. The molecular weight excluding hydrogens is 216 g/mol. The molecule has 0 amide bonds. The Morgan fingerprint density at radius 2 is 1.44 bits per heavy atom. The molecule has 0 saturated heterocycles. The molecule has 0 aliphatic heterocycles. The molecule has 1 aliphatic rings. The van der Waals surface area contributed by atoms with Crippen molar-refractivity contribution in [2.45, 2.75) is 32.1 Å². The quantitative estimate of drug-likeness (QED) is 0.691. The van der Waals surface area contributed by atoms with Crippen LogP contribution < -0.4 is 0 Å². The summed E-state index contributed by atoms with van der Waals surface area (Å²) in [4.78, 5) is 0. The van der Waals surface area contributed by atoms with Gasteiger partial charge in [0.05, 0.1) is 0 Å². The first kappa shape index (κ1) is 11.5. The predicted octanol–water partition coefficient (Wildman–Crippen LogP) is 4.96. The van der Waals surface area contributed by atoms with Gasteiger partial charge in [-0.05, 0) is 34.9 Å². The van der Waals surface area contributed by atoms with Gasteiger partial charge in [-0.2, -0.15) is 0 Å². The molecule has 0 fully saturated rings. The molecule has 0 radical (unpaired) electrons. The normalized spacial score (nSPS) is 26.0. The standard InChI is InChI=1S/C18H20/c1-3-15-13(2)18(14-9-5-4-6-10-14)17-12-8-7-11-16(15)17/h4-13,15,18H,3H2,1-2H3/t13-,15-,18-/m0/s1. The van der Waals surface area contributed by atoms with E-state index in [1.165, 1.54) is 12.0 Å². The van der Waals surface area contributed by atoms with Crippen LogP contribution in [0.15, 0.2) is 54.6 Å². The molecule has 0 heterocycles. The molecule has 3 rings (SSSR count). The highest BCUT2D eigenvalue weighted by atomic mass is 14.4. The van der Waals surface area contributed by atoms with Crippen molar-refractivity contribution in [3.05, 3.63) is 71.3 Å². The summed E-state index contributed by atoms with van der Waals surface area (Å²) in [5.41, 5.74) is 4.58. The van der Waals surface area contributed by atoms with Gasteiger partial charge in [-0.15, -0.1) is 0 Å². The zero-order valence-electron chi connectivity index (χ0n) is 11.1. The minimum atomic E-state index is 0.576. The van der Waals surface area contributed by atoms with Gasteiger partial charge in [-0.25, -0.2) is 0 Å². The maximum atomic E-state index is 2.41. The van der Waals surface area contributed by atoms with E-state index < -0.39 is 0 Å². The molecular formula is C18H20. The Labute approximate surface area is 110 Å². The van der Waals surface area contributed by atoms with Crippen molar-refractivity contribution in [1.82, 2.24) is 0 Å². The van der Waals surface area contributed by atoms with Crippen molar-refractivity contribution in [2.75, 3.05) is 0 Å². The molecule has 0 N–H and O–H groups in total. The van der Waals surface area contributed by atoms with Crippen molar-refractivity contribution in [3.8, 4) is 0 Å². The smallest absolute Gasteiger partial charge is 0.0124 e. The summed E-state index contributed by atoms with van der Waals surface area (Å²) in [6, 6.07) is 20.0. The van der Waals surface area contributed by atoms with Gasteiger partial charge in [0.25, 0.3) is 0 Å². The van der Waals surface area contributed by atoms with Gasteiger partial charge in [0, 0.05) is 5.92 Å². The fraction of sp³-hybridized carbons (Fsp3) is 0.333. The largest absolute Gasteiger partial charge is 0.0648 e. The van der Waals surface area contributed by atoms with E-state index in [4.69, 9.17) is 0 Å². The number of benzene rings is 2. The van der Waals surface area contributed by atoms with Crippen molar-refractivity contribution in [1.29, 1.82) is 0 Å². The third-order valence-electron chi connectivity index (χ3n) is 4.49. The summed E-state index contributed by atoms with van der Waals surface area (Å²) in [6.45, 7) is 4.72. The lowest BCUT2D eigenvalue weighted by molar-refractivity contribution is 0.448. The Hall–Kier alpha value is -1.56. The number of hydrogen-bond donors (Lipinski definition) is 0. The van der Waals surface area contributed by atoms with E-state index in [1.54, 1.807) is 11.1 Å². The second-order valence-electron chi connectivity index (χ2n) is 5.39. The Morgan fingerprint density at radius 1 is 0.833 bits per heavy atom. The second-order valence-corrected chi connectivity index (χ2v) is 5.39. The summed E-state index contributed by atoms with van der Waals surface area (Å²) in [5, 5.41) is 0. The maximum Gasteiger partial charge on any atom is 0.0124 e. The lowest BCUT2D eigenvalue weighted by atomic mass is 9.83. The van der Waals surface area contributed by atoms with Crippen LogP contribution in [0.4, 0.5) is 0 Å². The van der Waals surface area contributed by atoms with Crippen LogP contribution in [0, 0.1) is 5.92 Å². The van der Waals surface area contributed by atoms with Crippen LogP contribution in [-0.4, -0.2) is 0 Å². The minimum absolute atomic E-state index is 0.576. The molecule has 0 spiro atoms. The summed E-state index contributed by atoms with van der Waals surface area (Å²) in [7, 11) is 0. The Morgan fingerprint density at radius 3 is 2.11 bits per heavy atom. The van der Waals surface area contributed by atoms with Gasteiger partial charge in [-0.1, -0.05) is 68.4 Å².